The molecule has 0 aliphatic carbocycles. The molecule has 0 saturated carbocycles. The van der Waals surface area contributed by atoms with Gasteiger partial charge in [-0.25, -0.2) is 9.97 Å². The zero-order valence-corrected chi connectivity index (χ0v) is 16.1. The van der Waals surface area contributed by atoms with Crippen LogP contribution < -0.4 is 11.1 Å². The first-order chi connectivity index (χ1) is 14.7. The standard InChI is InChI=1S/C24H19N5O/c25-22-20(24(30)26-17-11-5-2-6-12-17)21-23(28-19-14-8-7-13-18(19)27-21)29(22)15-16-9-3-1-4-10-16/h1-14H,15,25H2,(H,26,30). The van der Waals surface area contributed by atoms with Crippen LogP contribution in [0.2, 0.25) is 0 Å². The van der Waals surface area contributed by atoms with E-state index in [0.717, 1.165) is 16.6 Å². The fraction of sp³-hybridized carbons (Fsp3) is 0.0417. The lowest BCUT2D eigenvalue weighted by molar-refractivity contribution is 0.102. The SMILES string of the molecule is Nc1c(C(=O)Nc2ccccc2)c2nc3ccccc3nc2n1Cc1ccccc1. The number of para-hydroxylation sites is 3. The van der Waals surface area contributed by atoms with Crippen LogP contribution in [0.15, 0.2) is 84.9 Å². The predicted octanol–water partition coefficient (Wildman–Crippen LogP) is 4.47. The molecule has 0 unspecified atom stereocenters. The van der Waals surface area contributed by atoms with E-state index in [4.69, 9.17) is 15.7 Å². The number of rotatable bonds is 4. The first-order valence-corrected chi connectivity index (χ1v) is 9.65. The highest BCUT2D eigenvalue weighted by Crippen LogP contribution is 2.29. The Hall–Kier alpha value is -4.19. The van der Waals surface area contributed by atoms with Gasteiger partial charge in [0.05, 0.1) is 17.6 Å². The van der Waals surface area contributed by atoms with Crippen molar-refractivity contribution in [2.75, 3.05) is 11.1 Å². The molecular formula is C24H19N5O. The fourth-order valence-electron chi connectivity index (χ4n) is 3.58. The van der Waals surface area contributed by atoms with Crippen LogP contribution in [-0.4, -0.2) is 20.4 Å². The van der Waals surface area contributed by atoms with Crippen LogP contribution >= 0.6 is 0 Å². The largest absolute Gasteiger partial charge is 0.384 e. The van der Waals surface area contributed by atoms with Crippen LogP contribution in [0.1, 0.15) is 15.9 Å². The second-order valence-electron chi connectivity index (χ2n) is 7.04. The number of nitrogens with one attached hydrogen (secondary N) is 1. The Balaban J connectivity index is 1.69. The van der Waals surface area contributed by atoms with Gasteiger partial charge in [-0.15, -0.1) is 0 Å². The monoisotopic (exact) mass is 393 g/mol. The summed E-state index contributed by atoms with van der Waals surface area (Å²) in [5, 5.41) is 2.92. The third kappa shape index (κ3) is 3.14. The highest BCUT2D eigenvalue weighted by Gasteiger charge is 2.24. The number of hydrogen-bond donors (Lipinski definition) is 2. The van der Waals surface area contributed by atoms with E-state index < -0.39 is 0 Å². The van der Waals surface area contributed by atoms with Crippen LogP contribution in [0, 0.1) is 0 Å². The van der Waals surface area contributed by atoms with Crippen LogP contribution in [-0.2, 0) is 6.54 Å². The Morgan fingerprint density at radius 2 is 1.43 bits per heavy atom. The summed E-state index contributed by atoms with van der Waals surface area (Å²) < 4.78 is 1.85. The number of carbonyl (C=O) groups is 1. The van der Waals surface area contributed by atoms with E-state index in [0.29, 0.717) is 34.8 Å². The van der Waals surface area contributed by atoms with E-state index in [2.05, 4.69) is 5.32 Å². The van der Waals surface area contributed by atoms with Crippen molar-refractivity contribution in [1.29, 1.82) is 0 Å². The molecule has 0 aliphatic heterocycles. The van der Waals surface area contributed by atoms with E-state index in [1.807, 2.05) is 89.5 Å². The van der Waals surface area contributed by atoms with E-state index in [1.165, 1.54) is 0 Å². The second-order valence-corrected chi connectivity index (χ2v) is 7.04. The molecule has 146 valence electrons. The Kier molecular flexibility index (Phi) is 4.37. The third-order valence-corrected chi connectivity index (χ3v) is 5.03. The molecule has 0 radical (unpaired) electrons. The van der Waals surface area contributed by atoms with Gasteiger partial charge in [0.1, 0.15) is 16.9 Å². The molecule has 5 aromatic rings. The van der Waals surface area contributed by atoms with Gasteiger partial charge in [0, 0.05) is 5.69 Å². The maximum absolute atomic E-state index is 13.2. The molecule has 2 heterocycles. The minimum Gasteiger partial charge on any atom is -0.384 e. The van der Waals surface area contributed by atoms with Gasteiger partial charge in [-0.05, 0) is 29.8 Å². The zero-order chi connectivity index (χ0) is 20.5. The fourth-order valence-corrected chi connectivity index (χ4v) is 3.58. The number of carbonyl (C=O) groups excluding carboxylic acids is 1. The van der Waals surface area contributed by atoms with Crippen molar-refractivity contribution in [3.63, 3.8) is 0 Å². The van der Waals surface area contributed by atoms with E-state index in [9.17, 15) is 4.79 Å². The summed E-state index contributed by atoms with van der Waals surface area (Å²) >= 11 is 0. The first-order valence-electron chi connectivity index (χ1n) is 9.65. The van der Waals surface area contributed by atoms with Crippen molar-refractivity contribution in [2.24, 2.45) is 0 Å². The first kappa shape index (κ1) is 17.9. The van der Waals surface area contributed by atoms with Crippen molar-refractivity contribution < 1.29 is 4.79 Å². The van der Waals surface area contributed by atoms with Crippen molar-refractivity contribution in [2.45, 2.75) is 6.54 Å². The molecular weight excluding hydrogens is 374 g/mol. The third-order valence-electron chi connectivity index (χ3n) is 5.03. The number of anilines is 2. The van der Waals surface area contributed by atoms with Gasteiger partial charge < -0.3 is 15.6 Å². The molecule has 3 N–H and O–H groups in total. The Labute approximate surface area is 173 Å². The van der Waals surface area contributed by atoms with Gasteiger partial charge in [0.25, 0.3) is 5.91 Å². The maximum Gasteiger partial charge on any atom is 0.261 e. The highest BCUT2D eigenvalue weighted by molar-refractivity contribution is 6.16. The lowest BCUT2D eigenvalue weighted by atomic mass is 10.2. The molecule has 0 fully saturated rings. The number of amides is 1. The minimum absolute atomic E-state index is 0.305. The lowest BCUT2D eigenvalue weighted by Crippen LogP contribution is -2.14. The average molecular weight is 393 g/mol. The van der Waals surface area contributed by atoms with Gasteiger partial charge in [-0.1, -0.05) is 60.7 Å². The maximum atomic E-state index is 13.2. The summed E-state index contributed by atoms with van der Waals surface area (Å²) in [5.41, 5.74) is 11.2. The molecule has 6 nitrogen and oxygen atoms in total. The van der Waals surface area contributed by atoms with Crippen LogP contribution in [0.5, 0.6) is 0 Å². The molecule has 2 aromatic heterocycles. The van der Waals surface area contributed by atoms with Gasteiger partial charge in [0.2, 0.25) is 0 Å². The molecule has 0 atom stereocenters. The molecule has 0 bridgehead atoms. The molecule has 3 aromatic carbocycles. The summed E-state index contributed by atoms with van der Waals surface area (Å²) in [5.74, 6) is 0.0395. The quantitative estimate of drug-likeness (QED) is 0.472. The normalized spacial score (nSPS) is 11.1. The number of fused-ring (bicyclic) bond motifs is 2. The van der Waals surface area contributed by atoms with Crippen LogP contribution in [0.3, 0.4) is 0 Å². The lowest BCUT2D eigenvalue weighted by Gasteiger charge is -2.08. The predicted molar refractivity (Wildman–Crippen MR) is 119 cm³/mol. The van der Waals surface area contributed by atoms with E-state index in [1.54, 1.807) is 0 Å². The highest BCUT2D eigenvalue weighted by atomic mass is 16.1. The average Bonchev–Trinajstić information content (AvgIpc) is 3.04. The molecule has 30 heavy (non-hydrogen) atoms. The Morgan fingerprint density at radius 3 is 2.13 bits per heavy atom. The second kappa shape index (κ2) is 7.33. The van der Waals surface area contributed by atoms with Gasteiger partial charge >= 0.3 is 0 Å². The molecule has 0 aliphatic rings. The van der Waals surface area contributed by atoms with Crippen molar-refractivity contribution >= 4 is 39.6 Å². The smallest absolute Gasteiger partial charge is 0.261 e. The number of hydrogen-bond acceptors (Lipinski definition) is 4. The summed E-state index contributed by atoms with van der Waals surface area (Å²) in [6.45, 7) is 0.495. The molecule has 6 heteroatoms. The number of nitrogens with two attached hydrogens (primary N) is 1. The van der Waals surface area contributed by atoms with Crippen molar-refractivity contribution in [1.82, 2.24) is 14.5 Å². The zero-order valence-electron chi connectivity index (χ0n) is 16.1. The Morgan fingerprint density at radius 1 is 0.833 bits per heavy atom. The van der Waals surface area contributed by atoms with Gasteiger partial charge in [-0.3, -0.25) is 4.79 Å². The number of nitrogens with zero attached hydrogens (tertiary/aromatic N) is 3. The molecule has 1 amide bonds. The van der Waals surface area contributed by atoms with Crippen molar-refractivity contribution in [3.8, 4) is 0 Å². The van der Waals surface area contributed by atoms with Crippen molar-refractivity contribution in [3.05, 3.63) is 96.1 Å². The molecule has 0 spiro atoms. The molecule has 5 rings (SSSR count). The van der Waals surface area contributed by atoms with Crippen LogP contribution in [0.25, 0.3) is 22.2 Å². The number of benzene rings is 3. The topological polar surface area (TPSA) is 85.8 Å². The summed E-state index contributed by atoms with van der Waals surface area (Å²) in [4.78, 5) is 22.7. The summed E-state index contributed by atoms with van der Waals surface area (Å²) in [7, 11) is 0. The van der Waals surface area contributed by atoms with Gasteiger partial charge in [0.15, 0.2) is 5.65 Å². The Bertz CT molecular complexity index is 1360. The minimum atomic E-state index is -0.305. The summed E-state index contributed by atoms with van der Waals surface area (Å²) in [6.07, 6.45) is 0. The van der Waals surface area contributed by atoms with Gasteiger partial charge in [-0.2, -0.15) is 0 Å². The summed E-state index contributed by atoms with van der Waals surface area (Å²) in [6, 6.07) is 26.8. The van der Waals surface area contributed by atoms with Crippen LogP contribution in [0.4, 0.5) is 11.5 Å². The van der Waals surface area contributed by atoms with E-state index in [-0.39, 0.29) is 5.91 Å². The van der Waals surface area contributed by atoms with E-state index >= 15 is 0 Å². The molecule has 0 saturated heterocycles. The number of nitrogen functional groups attached to an aromatic ring is 1. The number of aromatic nitrogens is 3.